The first-order valence-corrected chi connectivity index (χ1v) is 16.0. The van der Waals surface area contributed by atoms with E-state index in [-0.39, 0.29) is 5.82 Å². The highest BCUT2D eigenvalue weighted by Gasteiger charge is 2.20. The molecule has 0 aromatic heterocycles. The van der Waals surface area contributed by atoms with Gasteiger partial charge in [0.2, 0.25) is 0 Å². The summed E-state index contributed by atoms with van der Waals surface area (Å²) in [7, 11) is 0. The Morgan fingerprint density at radius 3 is 2.03 bits per heavy atom. The summed E-state index contributed by atoms with van der Waals surface area (Å²) < 4.78 is 15.1. The van der Waals surface area contributed by atoms with Crippen molar-refractivity contribution in [2.75, 3.05) is 0 Å². The normalized spacial score (nSPS) is 17.2. The zero-order valence-electron chi connectivity index (χ0n) is 24.5. The van der Waals surface area contributed by atoms with Crippen LogP contribution in [0, 0.1) is 29.5 Å². The number of aryl methyl sites for hydroxylation is 2. The molecule has 1 aliphatic carbocycles. The molecule has 0 atom stereocenters. The van der Waals surface area contributed by atoms with Gasteiger partial charge in [-0.1, -0.05) is 133 Å². The summed E-state index contributed by atoms with van der Waals surface area (Å²) in [6, 6.07) is 18.7. The van der Waals surface area contributed by atoms with Crippen LogP contribution in [-0.4, -0.2) is 0 Å². The Morgan fingerprint density at radius 1 is 0.641 bits per heavy atom. The maximum absolute atomic E-state index is 15.1. The smallest absolute Gasteiger partial charge is 0.134 e. The van der Waals surface area contributed by atoms with E-state index in [0.29, 0.717) is 5.39 Å². The number of rotatable bonds is 13. The lowest BCUT2D eigenvalue weighted by Gasteiger charge is -2.28. The molecule has 39 heavy (non-hydrogen) atoms. The number of hydrogen-bond acceptors (Lipinski definition) is 0. The van der Waals surface area contributed by atoms with Gasteiger partial charge in [-0.15, -0.1) is 0 Å². The van der Waals surface area contributed by atoms with Crippen LogP contribution in [0.4, 0.5) is 4.39 Å². The molecule has 0 radical (unpaired) electrons. The van der Waals surface area contributed by atoms with Crippen molar-refractivity contribution in [3.63, 3.8) is 0 Å². The molecule has 0 unspecified atom stereocenters. The molecule has 1 aliphatic rings. The highest BCUT2D eigenvalue weighted by Crippen LogP contribution is 2.34. The quantitative estimate of drug-likeness (QED) is 0.154. The lowest BCUT2D eigenvalue weighted by molar-refractivity contribution is 0.249. The van der Waals surface area contributed by atoms with Crippen molar-refractivity contribution in [3.8, 4) is 11.8 Å². The summed E-state index contributed by atoms with van der Waals surface area (Å²) in [5.41, 5.74) is 4.24. The Bertz CT molecular complexity index is 1200. The molecule has 1 saturated carbocycles. The number of benzene rings is 3. The van der Waals surface area contributed by atoms with Crippen molar-refractivity contribution < 1.29 is 4.39 Å². The van der Waals surface area contributed by atoms with Crippen LogP contribution in [0.25, 0.3) is 10.8 Å². The Balaban J connectivity index is 1.26. The van der Waals surface area contributed by atoms with Crippen molar-refractivity contribution in [3.05, 3.63) is 82.7 Å². The van der Waals surface area contributed by atoms with Crippen LogP contribution < -0.4 is 0 Å². The molecule has 4 rings (SSSR count). The topological polar surface area (TPSA) is 0 Å². The van der Waals surface area contributed by atoms with Gasteiger partial charge in [-0.2, -0.15) is 0 Å². The molecule has 0 spiro atoms. The van der Waals surface area contributed by atoms with Crippen LogP contribution in [0.1, 0.15) is 126 Å². The molecule has 0 amide bonds. The van der Waals surface area contributed by atoms with E-state index < -0.39 is 0 Å². The van der Waals surface area contributed by atoms with Gasteiger partial charge in [0, 0.05) is 16.5 Å². The van der Waals surface area contributed by atoms with Crippen molar-refractivity contribution >= 4 is 10.8 Å². The lowest BCUT2D eigenvalue weighted by Crippen LogP contribution is -2.15. The summed E-state index contributed by atoms with van der Waals surface area (Å²) in [6.07, 6.45) is 20.7. The largest absolute Gasteiger partial charge is 0.206 e. The molecule has 3 aromatic carbocycles. The van der Waals surface area contributed by atoms with Crippen LogP contribution in [0.2, 0.25) is 0 Å². The Labute approximate surface area is 237 Å². The fourth-order valence-electron chi connectivity index (χ4n) is 6.29. The second-order valence-corrected chi connectivity index (χ2v) is 12.0. The summed E-state index contributed by atoms with van der Waals surface area (Å²) >= 11 is 0. The van der Waals surface area contributed by atoms with Crippen LogP contribution in [-0.2, 0) is 12.8 Å². The van der Waals surface area contributed by atoms with E-state index in [1.807, 2.05) is 24.3 Å². The van der Waals surface area contributed by atoms with Gasteiger partial charge >= 0.3 is 0 Å². The van der Waals surface area contributed by atoms with Gasteiger partial charge < -0.3 is 0 Å². The van der Waals surface area contributed by atoms with Gasteiger partial charge in [0.15, 0.2) is 0 Å². The van der Waals surface area contributed by atoms with Crippen LogP contribution in [0.5, 0.6) is 0 Å². The third kappa shape index (κ3) is 9.24. The molecule has 0 aliphatic heterocycles. The molecule has 3 aromatic rings. The van der Waals surface area contributed by atoms with Crippen LogP contribution >= 0.6 is 0 Å². The maximum Gasteiger partial charge on any atom is 0.134 e. The second kappa shape index (κ2) is 15.9. The van der Waals surface area contributed by atoms with Gasteiger partial charge in [-0.05, 0) is 78.3 Å². The molecule has 0 bridgehead atoms. The first-order valence-electron chi connectivity index (χ1n) is 16.0. The van der Waals surface area contributed by atoms with E-state index in [1.165, 1.54) is 95.5 Å². The molecule has 1 fully saturated rings. The van der Waals surface area contributed by atoms with E-state index >= 15 is 4.39 Å². The summed E-state index contributed by atoms with van der Waals surface area (Å²) in [6.45, 7) is 4.52. The molecule has 0 heterocycles. The standard InChI is InChI=1S/C38H49F/c1-3-5-7-8-10-12-35-26-27-36-29-34(25-28-37(36)38(35)39)24-23-33-21-19-32(20-22-33)18-17-31-15-13-30(14-16-31)11-9-6-4-2/h19-22,25-31H,3-18H2,1-2H3. The van der Waals surface area contributed by atoms with Gasteiger partial charge in [0.05, 0.1) is 0 Å². The van der Waals surface area contributed by atoms with Gasteiger partial charge in [-0.3, -0.25) is 0 Å². The van der Waals surface area contributed by atoms with Gasteiger partial charge in [-0.25, -0.2) is 4.39 Å². The summed E-state index contributed by atoms with van der Waals surface area (Å²) in [5.74, 6) is 8.45. The van der Waals surface area contributed by atoms with Crippen LogP contribution in [0.3, 0.4) is 0 Å². The number of hydrogen-bond donors (Lipinski definition) is 0. The van der Waals surface area contributed by atoms with Crippen molar-refractivity contribution in [1.29, 1.82) is 0 Å². The SMILES string of the molecule is CCCCCCCc1ccc2cc(C#Cc3ccc(CCC4CCC(CCCCC)CC4)cc3)ccc2c1F. The van der Waals surface area contributed by atoms with Crippen molar-refractivity contribution in [2.45, 2.75) is 117 Å². The minimum absolute atomic E-state index is 0.0573. The average molecular weight is 525 g/mol. The fourth-order valence-corrected chi connectivity index (χ4v) is 6.29. The molecule has 208 valence electrons. The number of halogens is 1. The lowest BCUT2D eigenvalue weighted by atomic mass is 9.78. The Kier molecular flexibility index (Phi) is 12.0. The predicted molar refractivity (Wildman–Crippen MR) is 167 cm³/mol. The maximum atomic E-state index is 15.1. The molecular weight excluding hydrogens is 475 g/mol. The van der Waals surface area contributed by atoms with E-state index in [9.17, 15) is 0 Å². The number of unbranched alkanes of at least 4 members (excludes halogenated alkanes) is 6. The van der Waals surface area contributed by atoms with Gasteiger partial charge in [0.1, 0.15) is 5.82 Å². The zero-order valence-corrected chi connectivity index (χ0v) is 24.5. The molecule has 0 N–H and O–H groups in total. The Morgan fingerprint density at radius 2 is 1.28 bits per heavy atom. The molecule has 0 saturated heterocycles. The van der Waals surface area contributed by atoms with E-state index in [4.69, 9.17) is 0 Å². The minimum atomic E-state index is -0.0573. The molecule has 0 nitrogen and oxygen atoms in total. The van der Waals surface area contributed by atoms with Crippen molar-refractivity contribution in [1.82, 2.24) is 0 Å². The van der Waals surface area contributed by atoms with Crippen molar-refractivity contribution in [2.24, 2.45) is 11.8 Å². The summed E-state index contributed by atoms with van der Waals surface area (Å²) in [4.78, 5) is 0. The van der Waals surface area contributed by atoms with Gasteiger partial charge in [0.25, 0.3) is 0 Å². The molecule has 1 heteroatoms. The second-order valence-electron chi connectivity index (χ2n) is 12.0. The zero-order chi connectivity index (χ0) is 27.3. The Hall–Kier alpha value is -2.59. The van der Waals surface area contributed by atoms with Crippen LogP contribution in [0.15, 0.2) is 54.6 Å². The first kappa shape index (κ1) is 29.4. The monoisotopic (exact) mass is 524 g/mol. The third-order valence-electron chi connectivity index (χ3n) is 8.91. The highest BCUT2D eigenvalue weighted by molar-refractivity contribution is 5.85. The van der Waals surface area contributed by atoms with E-state index in [0.717, 1.165) is 46.8 Å². The average Bonchev–Trinajstić information content (AvgIpc) is 2.97. The minimum Gasteiger partial charge on any atom is -0.206 e. The highest BCUT2D eigenvalue weighted by atomic mass is 19.1. The van der Waals surface area contributed by atoms with E-state index in [1.54, 1.807) is 0 Å². The number of fused-ring (bicyclic) bond motifs is 1. The third-order valence-corrected chi connectivity index (χ3v) is 8.91. The first-order chi connectivity index (χ1) is 19.2. The fraction of sp³-hybridized carbons (Fsp3) is 0.526. The summed E-state index contributed by atoms with van der Waals surface area (Å²) in [5, 5.41) is 1.64. The van der Waals surface area contributed by atoms with E-state index in [2.05, 4.69) is 56.0 Å². The molecular formula is C38H49F. The predicted octanol–water partition coefficient (Wildman–Crippen LogP) is 11.2.